The maximum absolute atomic E-state index is 14.6. The molecule has 23 heavy (non-hydrogen) atoms. The predicted octanol–water partition coefficient (Wildman–Crippen LogP) is 1.67. The molecule has 0 spiro atoms. The Hall–Kier alpha value is -2.09. The van der Waals surface area contributed by atoms with Gasteiger partial charge in [-0.05, 0) is 31.5 Å². The van der Waals surface area contributed by atoms with Crippen molar-refractivity contribution >= 4 is 26.9 Å². The third-order valence-corrected chi connectivity index (χ3v) is 6.24. The molecule has 6 nitrogen and oxygen atoms in total. The average molecular weight is 338 g/mol. The van der Waals surface area contributed by atoms with E-state index in [2.05, 4.69) is 9.98 Å². The van der Waals surface area contributed by atoms with Crippen LogP contribution in [0.25, 0.3) is 10.9 Å². The first kappa shape index (κ1) is 15.8. The van der Waals surface area contributed by atoms with E-state index in [4.69, 9.17) is 5.73 Å². The van der Waals surface area contributed by atoms with Gasteiger partial charge in [0.05, 0.1) is 5.75 Å². The second-order valence-corrected chi connectivity index (χ2v) is 8.04. The summed E-state index contributed by atoms with van der Waals surface area (Å²) >= 11 is 0. The first-order valence-electron chi connectivity index (χ1n) is 7.30. The zero-order valence-corrected chi connectivity index (χ0v) is 14.0. The first-order valence-corrected chi connectivity index (χ1v) is 8.91. The van der Waals surface area contributed by atoms with Crippen molar-refractivity contribution in [2.75, 3.05) is 12.8 Å². The van der Waals surface area contributed by atoms with E-state index < -0.39 is 21.4 Å². The molecule has 1 aliphatic rings. The number of sulfonamides is 1. The van der Waals surface area contributed by atoms with Gasteiger partial charge in [0.2, 0.25) is 16.0 Å². The van der Waals surface area contributed by atoms with Crippen LogP contribution in [-0.4, -0.2) is 36.5 Å². The van der Waals surface area contributed by atoms with E-state index >= 15 is 0 Å². The van der Waals surface area contributed by atoms with Crippen molar-refractivity contribution in [2.45, 2.75) is 25.8 Å². The van der Waals surface area contributed by atoms with E-state index in [9.17, 15) is 12.8 Å². The number of hydrogen-bond donors (Lipinski definition) is 2. The number of hydrogen-bond acceptors (Lipinski definition) is 4. The minimum atomic E-state index is -3.64. The predicted molar refractivity (Wildman–Crippen MR) is 88.2 cm³/mol. The van der Waals surface area contributed by atoms with Crippen LogP contribution in [0.4, 0.5) is 4.39 Å². The molecule has 1 aromatic carbocycles. The van der Waals surface area contributed by atoms with Crippen molar-refractivity contribution in [1.29, 1.82) is 0 Å². The Labute approximate surface area is 134 Å². The maximum Gasteiger partial charge on any atom is 0.239 e. The summed E-state index contributed by atoms with van der Waals surface area (Å²) in [5, 5.41) is 0.749. The van der Waals surface area contributed by atoms with Gasteiger partial charge in [0.25, 0.3) is 0 Å². The maximum atomic E-state index is 14.6. The number of aryl methyl sites for hydroxylation is 1. The monoisotopic (exact) mass is 338 g/mol. The van der Waals surface area contributed by atoms with Crippen LogP contribution in [0.2, 0.25) is 0 Å². The Morgan fingerprint density at radius 2 is 2.13 bits per heavy atom. The molecule has 3 N–H and O–H groups in total. The van der Waals surface area contributed by atoms with Gasteiger partial charge in [0.15, 0.2) is 0 Å². The second-order valence-electron chi connectivity index (χ2n) is 6.04. The van der Waals surface area contributed by atoms with Gasteiger partial charge in [-0.25, -0.2) is 22.1 Å². The van der Waals surface area contributed by atoms with E-state index in [0.717, 1.165) is 27.3 Å². The summed E-state index contributed by atoms with van der Waals surface area (Å²) in [5.41, 5.74) is 6.42. The third kappa shape index (κ3) is 2.46. The van der Waals surface area contributed by atoms with Crippen molar-refractivity contribution in [1.82, 2.24) is 9.29 Å². The number of nitrogens with one attached hydrogen (secondary N) is 1. The summed E-state index contributed by atoms with van der Waals surface area (Å²) in [6.07, 6.45) is 0.799. The highest BCUT2D eigenvalue weighted by atomic mass is 32.2. The molecule has 0 saturated heterocycles. The molecule has 0 radical (unpaired) electrons. The summed E-state index contributed by atoms with van der Waals surface area (Å²) in [6.45, 7) is 3.58. The zero-order chi connectivity index (χ0) is 17.0. The molecule has 1 aliphatic heterocycles. The van der Waals surface area contributed by atoms with Gasteiger partial charge in [-0.2, -0.15) is 0 Å². The van der Waals surface area contributed by atoms with Gasteiger partial charge in [-0.15, -0.1) is 0 Å². The quantitative estimate of drug-likeness (QED) is 0.872. The Balaban J connectivity index is 2.20. The van der Waals surface area contributed by atoms with Crippen molar-refractivity contribution < 1.29 is 12.8 Å². The second kappa shape index (κ2) is 4.95. The molecule has 0 unspecified atom stereocenters. The summed E-state index contributed by atoms with van der Waals surface area (Å²) < 4.78 is 40.0. The molecule has 1 aromatic heterocycles. The van der Waals surface area contributed by atoms with Gasteiger partial charge >= 0.3 is 0 Å². The van der Waals surface area contributed by atoms with Crippen molar-refractivity contribution in [3.8, 4) is 0 Å². The van der Waals surface area contributed by atoms with Gasteiger partial charge in [-0.1, -0.05) is 6.92 Å². The minimum absolute atomic E-state index is 0.140. The summed E-state index contributed by atoms with van der Waals surface area (Å²) in [5.74, 6) is -0.960. The number of fused-ring (bicyclic) bond motifs is 1. The molecule has 3 rings (SSSR count). The van der Waals surface area contributed by atoms with E-state index in [1.165, 1.54) is 13.1 Å². The number of guanidine groups is 1. The Bertz CT molecular complexity index is 919. The van der Waals surface area contributed by atoms with Crippen LogP contribution in [0, 0.1) is 5.82 Å². The minimum Gasteiger partial charge on any atom is -0.369 e. The fourth-order valence-electron chi connectivity index (χ4n) is 2.90. The fraction of sp³-hybridized carbons (Fsp3) is 0.400. The highest BCUT2D eigenvalue weighted by molar-refractivity contribution is 7.89. The fourth-order valence-corrected chi connectivity index (χ4v) is 4.35. The van der Waals surface area contributed by atoms with Crippen molar-refractivity contribution in [2.24, 2.45) is 10.7 Å². The van der Waals surface area contributed by atoms with Crippen LogP contribution < -0.4 is 5.73 Å². The number of benzene rings is 1. The smallest absolute Gasteiger partial charge is 0.239 e. The summed E-state index contributed by atoms with van der Waals surface area (Å²) in [6, 6.07) is 4.91. The van der Waals surface area contributed by atoms with E-state index in [-0.39, 0.29) is 17.3 Å². The van der Waals surface area contributed by atoms with Gasteiger partial charge in [0.1, 0.15) is 11.4 Å². The molecule has 0 amide bonds. The van der Waals surface area contributed by atoms with E-state index in [1.54, 1.807) is 13.0 Å². The molecule has 2 aromatic rings. The number of nitrogens with two attached hydrogens (primary N) is 1. The average Bonchev–Trinajstić information content (AvgIpc) is 2.85. The zero-order valence-electron chi connectivity index (χ0n) is 13.2. The normalized spacial score (nSPS) is 24.0. The lowest BCUT2D eigenvalue weighted by molar-refractivity contribution is 0.458. The lowest BCUT2D eigenvalue weighted by Crippen LogP contribution is -2.50. The Kier molecular flexibility index (Phi) is 3.40. The number of nitrogens with zero attached hydrogens (tertiary/aromatic N) is 2. The van der Waals surface area contributed by atoms with E-state index in [1.807, 2.05) is 13.0 Å². The molecule has 2 heterocycles. The molecule has 8 heteroatoms. The number of aliphatic imine (C=N–C) groups is 1. The van der Waals surface area contributed by atoms with Crippen LogP contribution in [-0.2, 0) is 22.0 Å². The van der Waals surface area contributed by atoms with Crippen molar-refractivity contribution in [3.05, 3.63) is 35.3 Å². The van der Waals surface area contributed by atoms with Crippen LogP contribution in [0.3, 0.4) is 0 Å². The topological polar surface area (TPSA) is 91.6 Å². The van der Waals surface area contributed by atoms with Crippen LogP contribution in [0.5, 0.6) is 0 Å². The molecule has 0 bridgehead atoms. The number of rotatable bonds is 2. The number of halogens is 1. The largest absolute Gasteiger partial charge is 0.369 e. The third-order valence-electron chi connectivity index (χ3n) is 4.29. The number of H-pyrrole nitrogens is 1. The van der Waals surface area contributed by atoms with Crippen LogP contribution in [0.15, 0.2) is 23.2 Å². The van der Waals surface area contributed by atoms with Crippen LogP contribution in [0.1, 0.15) is 25.1 Å². The molecule has 0 fully saturated rings. The van der Waals surface area contributed by atoms with Gasteiger partial charge in [0, 0.05) is 29.2 Å². The Morgan fingerprint density at radius 1 is 1.43 bits per heavy atom. The molecule has 0 saturated carbocycles. The Morgan fingerprint density at radius 3 is 2.74 bits per heavy atom. The molecule has 124 valence electrons. The van der Waals surface area contributed by atoms with E-state index in [0.29, 0.717) is 0 Å². The molecule has 1 atom stereocenters. The number of aromatic amines is 1. The van der Waals surface area contributed by atoms with Crippen LogP contribution >= 0.6 is 0 Å². The lowest BCUT2D eigenvalue weighted by atomic mass is 9.93. The number of aromatic nitrogens is 1. The summed E-state index contributed by atoms with van der Waals surface area (Å²) in [7, 11) is -2.30. The highest BCUT2D eigenvalue weighted by Crippen LogP contribution is 2.35. The highest BCUT2D eigenvalue weighted by Gasteiger charge is 2.41. The molecular weight excluding hydrogens is 319 g/mol. The standard InChI is InChI=1S/C15H19FN4O2S/c1-4-10-5-9-6-12(16)11(7-13(9)18-10)15(2)8-23(21,22)20(3)14(17)19-15/h5-7,18H,4,8H2,1-3H3,(H2,17,19)/t15-/m0/s1. The van der Waals surface area contributed by atoms with Gasteiger partial charge in [-0.3, -0.25) is 0 Å². The first-order chi connectivity index (χ1) is 10.7. The SMILES string of the molecule is CCc1cc2cc(F)c([C@]3(C)CS(=O)(=O)N(C)C(N)=N3)cc2[nH]1. The van der Waals surface area contributed by atoms with Gasteiger partial charge < -0.3 is 10.7 Å². The lowest BCUT2D eigenvalue weighted by Gasteiger charge is -2.34. The molecular formula is C15H19FN4O2S. The summed E-state index contributed by atoms with van der Waals surface area (Å²) in [4.78, 5) is 7.45. The van der Waals surface area contributed by atoms with Crippen molar-refractivity contribution in [3.63, 3.8) is 0 Å². The molecule has 0 aliphatic carbocycles.